The van der Waals surface area contributed by atoms with Crippen molar-refractivity contribution >= 4 is 5.91 Å². The van der Waals surface area contributed by atoms with Gasteiger partial charge in [0.25, 0.3) is 5.56 Å². The molecule has 1 atom stereocenters. The molecule has 1 aromatic heterocycles. The number of piperazine rings is 1. The van der Waals surface area contributed by atoms with Gasteiger partial charge in [0.2, 0.25) is 5.91 Å². The van der Waals surface area contributed by atoms with E-state index in [9.17, 15) is 9.59 Å². The van der Waals surface area contributed by atoms with Gasteiger partial charge in [-0.15, -0.1) is 0 Å². The summed E-state index contributed by atoms with van der Waals surface area (Å²) >= 11 is 0. The first-order valence-corrected chi connectivity index (χ1v) is 9.39. The first-order chi connectivity index (χ1) is 12.2. The van der Waals surface area contributed by atoms with Gasteiger partial charge in [0, 0.05) is 45.4 Å². The Labute approximate surface area is 147 Å². The molecular formula is C18H26N4O3. The van der Waals surface area contributed by atoms with Gasteiger partial charge in [-0.2, -0.15) is 5.10 Å². The van der Waals surface area contributed by atoms with E-state index in [4.69, 9.17) is 4.74 Å². The summed E-state index contributed by atoms with van der Waals surface area (Å²) < 4.78 is 6.93. The molecule has 1 unspecified atom stereocenters. The molecule has 136 valence electrons. The quantitative estimate of drug-likeness (QED) is 0.762. The van der Waals surface area contributed by atoms with Crippen LogP contribution in [0.1, 0.15) is 24.1 Å². The van der Waals surface area contributed by atoms with Gasteiger partial charge in [0.05, 0.1) is 24.8 Å². The monoisotopic (exact) mass is 346 g/mol. The molecule has 1 amide bonds. The first kappa shape index (κ1) is 16.7. The maximum atomic E-state index is 12.4. The van der Waals surface area contributed by atoms with Crippen molar-refractivity contribution in [2.75, 3.05) is 45.9 Å². The first-order valence-electron chi connectivity index (χ1n) is 9.39. The average molecular weight is 346 g/mol. The Kier molecular flexibility index (Phi) is 4.85. The molecule has 4 rings (SSSR count). The predicted octanol–water partition coefficient (Wildman–Crippen LogP) is -0.0873. The standard InChI is InChI=1S/C18H26N4O3/c23-17-12-14-2-1-3-16(14)19-22(17)10-7-20-5-8-21(9-6-20)18(24)15-4-11-25-13-15/h12,15H,1-11,13H2. The van der Waals surface area contributed by atoms with Gasteiger partial charge in [-0.1, -0.05) is 0 Å². The fourth-order valence-electron chi connectivity index (χ4n) is 4.02. The summed E-state index contributed by atoms with van der Waals surface area (Å²) in [6.45, 7) is 5.96. The van der Waals surface area contributed by atoms with Gasteiger partial charge in [-0.3, -0.25) is 14.5 Å². The molecule has 1 aliphatic carbocycles. The Morgan fingerprint density at radius 2 is 2.04 bits per heavy atom. The maximum Gasteiger partial charge on any atom is 0.267 e. The van der Waals surface area contributed by atoms with E-state index in [1.54, 1.807) is 10.7 Å². The van der Waals surface area contributed by atoms with Gasteiger partial charge >= 0.3 is 0 Å². The highest BCUT2D eigenvalue weighted by Crippen LogP contribution is 2.18. The van der Waals surface area contributed by atoms with Gasteiger partial charge in [0.15, 0.2) is 0 Å². The number of fused-ring (bicyclic) bond motifs is 1. The highest BCUT2D eigenvalue weighted by atomic mass is 16.5. The maximum absolute atomic E-state index is 12.4. The van der Waals surface area contributed by atoms with Crippen LogP contribution in [0.5, 0.6) is 0 Å². The molecule has 0 saturated carbocycles. The van der Waals surface area contributed by atoms with E-state index in [0.29, 0.717) is 19.8 Å². The number of aryl methyl sites for hydroxylation is 2. The Bertz CT molecular complexity index is 688. The molecule has 2 fully saturated rings. The van der Waals surface area contributed by atoms with Crippen LogP contribution in [0.3, 0.4) is 0 Å². The Morgan fingerprint density at radius 1 is 1.20 bits per heavy atom. The van der Waals surface area contributed by atoms with E-state index in [0.717, 1.165) is 69.7 Å². The van der Waals surface area contributed by atoms with Crippen molar-refractivity contribution < 1.29 is 9.53 Å². The van der Waals surface area contributed by atoms with Crippen LogP contribution >= 0.6 is 0 Å². The number of hydrogen-bond donors (Lipinski definition) is 0. The number of amides is 1. The molecule has 2 aliphatic heterocycles. The lowest BCUT2D eigenvalue weighted by molar-refractivity contribution is -0.137. The molecule has 0 radical (unpaired) electrons. The fourth-order valence-corrected chi connectivity index (χ4v) is 4.02. The number of ether oxygens (including phenoxy) is 1. The van der Waals surface area contributed by atoms with Gasteiger partial charge in [-0.05, 0) is 31.2 Å². The number of aromatic nitrogens is 2. The lowest BCUT2D eigenvalue weighted by Gasteiger charge is -2.35. The minimum Gasteiger partial charge on any atom is -0.381 e. The molecule has 0 spiro atoms. The third-order valence-corrected chi connectivity index (χ3v) is 5.61. The molecule has 25 heavy (non-hydrogen) atoms. The van der Waals surface area contributed by atoms with Crippen molar-refractivity contribution in [2.24, 2.45) is 5.92 Å². The van der Waals surface area contributed by atoms with Crippen molar-refractivity contribution in [1.29, 1.82) is 0 Å². The number of nitrogens with zero attached hydrogens (tertiary/aromatic N) is 4. The molecular weight excluding hydrogens is 320 g/mol. The second-order valence-corrected chi connectivity index (χ2v) is 7.26. The summed E-state index contributed by atoms with van der Waals surface area (Å²) in [6, 6.07) is 1.76. The zero-order valence-corrected chi connectivity index (χ0v) is 14.7. The smallest absolute Gasteiger partial charge is 0.267 e. The van der Waals surface area contributed by atoms with E-state index in [1.807, 2.05) is 4.90 Å². The van der Waals surface area contributed by atoms with Crippen molar-refractivity contribution in [3.63, 3.8) is 0 Å². The molecule has 7 nitrogen and oxygen atoms in total. The molecule has 0 aromatic carbocycles. The predicted molar refractivity (Wildman–Crippen MR) is 92.5 cm³/mol. The average Bonchev–Trinajstić information content (AvgIpc) is 3.31. The minimum absolute atomic E-state index is 0.00990. The summed E-state index contributed by atoms with van der Waals surface area (Å²) in [5.74, 6) is 0.300. The normalized spacial score (nSPS) is 23.8. The van der Waals surface area contributed by atoms with Gasteiger partial charge in [0.1, 0.15) is 0 Å². The number of carbonyl (C=O) groups excluding carboxylic acids is 1. The van der Waals surface area contributed by atoms with E-state index in [-0.39, 0.29) is 17.4 Å². The molecule has 2 saturated heterocycles. The summed E-state index contributed by atoms with van der Waals surface area (Å²) in [5, 5.41) is 4.53. The Morgan fingerprint density at radius 3 is 2.80 bits per heavy atom. The van der Waals surface area contributed by atoms with Crippen LogP contribution in [0.2, 0.25) is 0 Å². The van der Waals surface area contributed by atoms with E-state index < -0.39 is 0 Å². The Hall–Kier alpha value is -1.73. The fraction of sp³-hybridized carbons (Fsp3) is 0.722. The van der Waals surface area contributed by atoms with Crippen LogP contribution in [-0.4, -0.2) is 71.4 Å². The third kappa shape index (κ3) is 3.62. The second-order valence-electron chi connectivity index (χ2n) is 7.26. The summed E-state index contributed by atoms with van der Waals surface area (Å²) in [7, 11) is 0. The Balaban J connectivity index is 1.28. The highest BCUT2D eigenvalue weighted by molar-refractivity contribution is 5.79. The molecule has 0 N–H and O–H groups in total. The van der Waals surface area contributed by atoms with Crippen molar-refractivity contribution in [3.8, 4) is 0 Å². The second kappa shape index (κ2) is 7.25. The number of carbonyl (C=O) groups is 1. The van der Waals surface area contributed by atoms with Crippen LogP contribution in [0.15, 0.2) is 10.9 Å². The largest absolute Gasteiger partial charge is 0.381 e. The van der Waals surface area contributed by atoms with E-state index in [1.165, 1.54) is 0 Å². The molecule has 3 aliphatic rings. The summed E-state index contributed by atoms with van der Waals surface area (Å²) in [4.78, 5) is 28.9. The molecule has 3 heterocycles. The van der Waals surface area contributed by atoms with E-state index >= 15 is 0 Å². The van der Waals surface area contributed by atoms with Crippen LogP contribution in [0, 0.1) is 5.92 Å². The zero-order valence-electron chi connectivity index (χ0n) is 14.7. The SMILES string of the molecule is O=C(C1CCOC1)N1CCN(CCn2nc3c(cc2=O)CCC3)CC1. The molecule has 1 aromatic rings. The number of rotatable bonds is 4. The van der Waals surface area contributed by atoms with Crippen LogP contribution in [-0.2, 0) is 28.9 Å². The summed E-state index contributed by atoms with van der Waals surface area (Å²) in [6.07, 6.45) is 3.93. The third-order valence-electron chi connectivity index (χ3n) is 5.61. The lowest BCUT2D eigenvalue weighted by atomic mass is 10.1. The number of hydrogen-bond acceptors (Lipinski definition) is 5. The molecule has 0 bridgehead atoms. The van der Waals surface area contributed by atoms with Gasteiger partial charge in [-0.25, -0.2) is 4.68 Å². The lowest BCUT2D eigenvalue weighted by Crippen LogP contribution is -2.51. The van der Waals surface area contributed by atoms with Crippen molar-refractivity contribution in [2.45, 2.75) is 32.2 Å². The van der Waals surface area contributed by atoms with Crippen LogP contribution in [0.25, 0.3) is 0 Å². The van der Waals surface area contributed by atoms with Crippen LogP contribution < -0.4 is 5.56 Å². The molecule has 7 heteroatoms. The van der Waals surface area contributed by atoms with Crippen LogP contribution in [0.4, 0.5) is 0 Å². The van der Waals surface area contributed by atoms with E-state index in [2.05, 4.69) is 10.00 Å². The topological polar surface area (TPSA) is 67.7 Å². The zero-order chi connectivity index (χ0) is 17.2. The van der Waals surface area contributed by atoms with Crippen molar-refractivity contribution in [1.82, 2.24) is 19.6 Å². The highest BCUT2D eigenvalue weighted by Gasteiger charge is 2.30. The summed E-state index contributed by atoms with van der Waals surface area (Å²) in [5.41, 5.74) is 2.23. The van der Waals surface area contributed by atoms with Crippen molar-refractivity contribution in [3.05, 3.63) is 27.7 Å². The minimum atomic E-state index is 0.00990. The van der Waals surface area contributed by atoms with Gasteiger partial charge < -0.3 is 9.64 Å².